The van der Waals surface area contributed by atoms with Gasteiger partial charge in [0.25, 0.3) is 0 Å². The molecule has 2 amide bonds. The van der Waals surface area contributed by atoms with Crippen LogP contribution in [-0.2, 0) is 15.1 Å². The van der Waals surface area contributed by atoms with Crippen LogP contribution in [0.3, 0.4) is 0 Å². The number of hydrogen-bond donors (Lipinski definition) is 3. The molecule has 2 atom stereocenters. The highest BCUT2D eigenvalue weighted by molar-refractivity contribution is 8.45. The summed E-state index contributed by atoms with van der Waals surface area (Å²) in [6, 6.07) is 1.80. The van der Waals surface area contributed by atoms with Gasteiger partial charge in [-0.15, -0.1) is 0 Å². The first kappa shape index (κ1) is 20.8. The summed E-state index contributed by atoms with van der Waals surface area (Å²) in [6.45, 7) is 0. The second kappa shape index (κ2) is 5.80. The molecule has 3 N–H and O–H groups in total. The van der Waals surface area contributed by atoms with Gasteiger partial charge in [0.1, 0.15) is 11.2 Å². The number of halogens is 5. The maximum absolute atomic E-state index is 12.9. The third-order valence-corrected chi connectivity index (χ3v) is 6.01. The zero-order chi connectivity index (χ0) is 21.0. The van der Waals surface area contributed by atoms with E-state index in [-0.39, 0.29) is 12.3 Å². The summed E-state index contributed by atoms with van der Waals surface area (Å²) in [4.78, 5) is 24.1. The van der Waals surface area contributed by atoms with Gasteiger partial charge < -0.3 is 10.6 Å². The van der Waals surface area contributed by atoms with Crippen LogP contribution in [0, 0.1) is 0 Å². The molecule has 28 heavy (non-hydrogen) atoms. The monoisotopic (exact) mass is 428 g/mol. The number of amides is 2. The maximum Gasteiger partial charge on any atom is 0.310 e. The highest BCUT2D eigenvalue weighted by Gasteiger charge is 2.65. The highest BCUT2D eigenvalue weighted by atomic mass is 32.5. The van der Waals surface area contributed by atoms with Crippen LogP contribution >= 0.6 is 10.2 Å². The Morgan fingerprint density at radius 1 is 1.14 bits per heavy atom. The molecule has 2 unspecified atom stereocenters. The molecule has 0 bridgehead atoms. The van der Waals surface area contributed by atoms with Crippen molar-refractivity contribution in [3.63, 3.8) is 0 Å². The van der Waals surface area contributed by atoms with Crippen LogP contribution in [0.4, 0.5) is 19.4 Å². The third kappa shape index (κ3) is 4.39. The summed E-state index contributed by atoms with van der Waals surface area (Å²) < 4.78 is 64.3. The first-order chi connectivity index (χ1) is 12.6. The first-order valence-electron chi connectivity index (χ1n) is 8.48. The van der Waals surface area contributed by atoms with Crippen molar-refractivity contribution in [1.29, 1.82) is 0 Å². The SMILES string of the molecule is CN(C)C1NC(=O)CC(C(=O)NC2(c3ccc(S(F)(F)(F)(F)F)cc3)CC2)N1. The molecule has 6 nitrogen and oxygen atoms in total. The quantitative estimate of drug-likeness (QED) is 0.631. The fourth-order valence-electron chi connectivity index (χ4n) is 3.10. The van der Waals surface area contributed by atoms with Gasteiger partial charge in [-0.25, -0.2) is 0 Å². The lowest BCUT2D eigenvalue weighted by atomic mass is 10.0. The summed E-state index contributed by atoms with van der Waals surface area (Å²) in [5, 5.41) is 8.37. The van der Waals surface area contributed by atoms with Crippen LogP contribution in [0.2, 0.25) is 0 Å². The molecule has 1 aromatic rings. The average molecular weight is 428 g/mol. The number of carbonyl (C=O) groups is 2. The molecular formula is C16H21F5N4O2S. The minimum Gasteiger partial charge on any atom is -0.345 e. The Morgan fingerprint density at radius 3 is 2.18 bits per heavy atom. The molecule has 2 fully saturated rings. The van der Waals surface area contributed by atoms with Crippen LogP contribution in [0.5, 0.6) is 0 Å². The van der Waals surface area contributed by atoms with Crippen molar-refractivity contribution in [3.8, 4) is 0 Å². The Balaban J connectivity index is 1.74. The van der Waals surface area contributed by atoms with Crippen molar-refractivity contribution in [3.05, 3.63) is 29.8 Å². The van der Waals surface area contributed by atoms with E-state index in [0.717, 1.165) is 12.1 Å². The van der Waals surface area contributed by atoms with Gasteiger partial charge in [-0.1, -0.05) is 31.6 Å². The summed E-state index contributed by atoms with van der Waals surface area (Å²) in [7, 11) is -6.32. The number of carbonyl (C=O) groups excluding carboxylic acids is 2. The van der Waals surface area contributed by atoms with Crippen molar-refractivity contribution >= 4 is 22.0 Å². The van der Waals surface area contributed by atoms with Gasteiger partial charge in [0, 0.05) is 0 Å². The molecular weight excluding hydrogens is 407 g/mol. The summed E-state index contributed by atoms with van der Waals surface area (Å²) in [5.41, 5.74) is -0.591. The summed E-state index contributed by atoms with van der Waals surface area (Å²) in [5.74, 6) is -0.793. The highest BCUT2D eigenvalue weighted by Crippen LogP contribution is 3.02. The van der Waals surface area contributed by atoms with E-state index in [2.05, 4.69) is 16.0 Å². The van der Waals surface area contributed by atoms with Crippen LogP contribution in [-0.4, -0.2) is 43.1 Å². The van der Waals surface area contributed by atoms with Gasteiger partial charge in [0.15, 0.2) is 0 Å². The van der Waals surface area contributed by atoms with E-state index < -0.39 is 38.9 Å². The van der Waals surface area contributed by atoms with Crippen molar-refractivity contribution in [1.82, 2.24) is 20.9 Å². The number of rotatable bonds is 5. The Morgan fingerprint density at radius 2 is 1.71 bits per heavy atom. The van der Waals surface area contributed by atoms with Gasteiger partial charge >= 0.3 is 10.2 Å². The molecule has 0 spiro atoms. The molecule has 1 saturated heterocycles. The van der Waals surface area contributed by atoms with E-state index in [1.165, 1.54) is 0 Å². The van der Waals surface area contributed by atoms with Crippen LogP contribution in [0.1, 0.15) is 24.8 Å². The minimum atomic E-state index is -9.74. The Hall–Kier alpha value is -1.92. The average Bonchev–Trinajstić information content (AvgIpc) is 3.33. The molecule has 1 saturated carbocycles. The van der Waals surface area contributed by atoms with Gasteiger partial charge in [0.2, 0.25) is 11.8 Å². The molecule has 1 aliphatic carbocycles. The molecule has 0 aromatic heterocycles. The fourth-order valence-corrected chi connectivity index (χ4v) is 3.75. The standard InChI is InChI=1S/C16H21F5N4O2S/c1-25(2)15-22-12(9-13(26)23-15)14(27)24-16(7-8-16)10-3-5-11(6-4-10)28(17,18,19,20)21/h3-6,12,15,22H,7-9H2,1-2H3,(H,23,26)(H,24,27). The van der Waals surface area contributed by atoms with Gasteiger partial charge in [-0.05, 0) is 44.6 Å². The fraction of sp³-hybridized carbons (Fsp3) is 0.500. The van der Waals surface area contributed by atoms with E-state index in [1.807, 2.05) is 0 Å². The number of nitrogens with zero attached hydrogens (tertiary/aromatic N) is 1. The summed E-state index contributed by atoms with van der Waals surface area (Å²) >= 11 is 0. The largest absolute Gasteiger partial charge is 0.345 e. The molecule has 1 aliphatic heterocycles. The van der Waals surface area contributed by atoms with E-state index in [4.69, 9.17) is 0 Å². The lowest BCUT2D eigenvalue weighted by Crippen LogP contribution is -2.65. The number of benzene rings is 1. The topological polar surface area (TPSA) is 73.5 Å². The molecule has 1 heterocycles. The second-order valence-electron chi connectivity index (χ2n) is 7.42. The zero-order valence-corrected chi connectivity index (χ0v) is 16.0. The third-order valence-electron chi connectivity index (χ3n) is 4.84. The maximum atomic E-state index is 12.9. The van der Waals surface area contributed by atoms with E-state index >= 15 is 0 Å². The molecule has 0 radical (unpaired) electrons. The molecule has 3 rings (SSSR count). The van der Waals surface area contributed by atoms with E-state index in [1.54, 1.807) is 19.0 Å². The lowest BCUT2D eigenvalue weighted by molar-refractivity contribution is -0.134. The molecule has 158 valence electrons. The Labute approximate surface area is 158 Å². The van der Waals surface area contributed by atoms with Gasteiger partial charge in [0.05, 0.1) is 18.0 Å². The number of hydrogen-bond acceptors (Lipinski definition) is 4. The molecule has 1 aromatic carbocycles. The molecule has 12 heteroatoms. The van der Waals surface area contributed by atoms with Crippen LogP contribution in [0.15, 0.2) is 29.2 Å². The predicted octanol–water partition coefficient (Wildman–Crippen LogP) is 2.77. The van der Waals surface area contributed by atoms with E-state index in [9.17, 15) is 29.0 Å². The van der Waals surface area contributed by atoms with E-state index in [0.29, 0.717) is 30.5 Å². The first-order valence-corrected chi connectivity index (χ1v) is 10.4. The Bertz CT molecular complexity index is 809. The lowest BCUT2D eigenvalue weighted by Gasteiger charge is -2.40. The van der Waals surface area contributed by atoms with Crippen molar-refractivity contribution in [2.45, 2.75) is 42.0 Å². The van der Waals surface area contributed by atoms with Crippen LogP contribution < -0.4 is 16.0 Å². The number of nitrogens with one attached hydrogen (secondary N) is 3. The second-order valence-corrected chi connectivity index (χ2v) is 9.83. The van der Waals surface area contributed by atoms with Gasteiger partial charge in [-0.3, -0.25) is 19.8 Å². The van der Waals surface area contributed by atoms with Crippen molar-refractivity contribution < 1.29 is 29.0 Å². The van der Waals surface area contributed by atoms with Crippen molar-refractivity contribution in [2.75, 3.05) is 14.1 Å². The minimum absolute atomic E-state index is 0.0879. The zero-order valence-electron chi connectivity index (χ0n) is 15.1. The Kier molecular flexibility index (Phi) is 4.31. The smallest absolute Gasteiger partial charge is 0.310 e. The summed E-state index contributed by atoms with van der Waals surface area (Å²) in [6.07, 6.45) is 0.300. The van der Waals surface area contributed by atoms with Crippen molar-refractivity contribution in [2.24, 2.45) is 0 Å². The predicted molar refractivity (Wildman–Crippen MR) is 94.1 cm³/mol. The van der Waals surface area contributed by atoms with Crippen LogP contribution in [0.25, 0.3) is 0 Å². The normalized spacial score (nSPS) is 26.8. The van der Waals surface area contributed by atoms with Gasteiger partial charge in [-0.2, -0.15) is 0 Å². The molecule has 2 aliphatic rings.